The molecule has 0 spiro atoms. The van der Waals surface area contributed by atoms with E-state index in [0.717, 1.165) is 11.6 Å². The molecule has 0 amide bonds. The molecule has 0 saturated heterocycles. The smallest absolute Gasteiger partial charge is 0.254 e. The molecular formula is C18H11F2N3O2. The summed E-state index contributed by atoms with van der Waals surface area (Å²) in [5.74, 6) is -1.54. The molecule has 124 valence electrons. The molecule has 0 atom stereocenters. The normalized spacial score (nSPS) is 11.0. The quantitative estimate of drug-likeness (QED) is 0.544. The van der Waals surface area contributed by atoms with Gasteiger partial charge in [-0.3, -0.25) is 0 Å². The number of hydrogen-bond donors (Lipinski definition) is 0. The molecule has 0 aliphatic carbocycles. The van der Waals surface area contributed by atoms with Gasteiger partial charge in [0.15, 0.2) is 11.6 Å². The number of hydrogen-bond acceptors (Lipinski definition) is 5. The number of aromatic nitrogens is 3. The third-order valence-electron chi connectivity index (χ3n) is 3.73. The third kappa shape index (κ3) is 2.59. The Morgan fingerprint density at radius 3 is 2.44 bits per heavy atom. The summed E-state index contributed by atoms with van der Waals surface area (Å²) in [7, 11) is 0. The van der Waals surface area contributed by atoms with Crippen molar-refractivity contribution >= 4 is 0 Å². The topological polar surface area (TPSA) is 65.0 Å². The molecule has 2 aromatic heterocycles. The Morgan fingerprint density at radius 2 is 1.64 bits per heavy atom. The van der Waals surface area contributed by atoms with Gasteiger partial charge in [0.1, 0.15) is 17.0 Å². The van der Waals surface area contributed by atoms with Crippen LogP contribution < -0.4 is 0 Å². The first-order valence-corrected chi connectivity index (χ1v) is 7.45. The molecule has 2 heterocycles. The lowest BCUT2D eigenvalue weighted by Crippen LogP contribution is -1.88. The van der Waals surface area contributed by atoms with E-state index in [1.165, 1.54) is 12.1 Å². The van der Waals surface area contributed by atoms with Crippen LogP contribution in [0.15, 0.2) is 57.5 Å². The summed E-state index contributed by atoms with van der Waals surface area (Å²) in [5.41, 5.74) is 1.76. The van der Waals surface area contributed by atoms with Gasteiger partial charge in [-0.2, -0.15) is 0 Å². The van der Waals surface area contributed by atoms with Crippen LogP contribution in [0.1, 0.15) is 5.76 Å². The van der Waals surface area contributed by atoms with Crippen molar-refractivity contribution in [2.45, 2.75) is 6.92 Å². The van der Waals surface area contributed by atoms with E-state index in [9.17, 15) is 8.78 Å². The van der Waals surface area contributed by atoms with E-state index in [4.69, 9.17) is 8.94 Å². The lowest BCUT2D eigenvalue weighted by atomic mass is 10.1. The summed E-state index contributed by atoms with van der Waals surface area (Å²) < 4.78 is 38.1. The Bertz CT molecular complexity index is 1040. The molecule has 2 aromatic carbocycles. The first-order chi connectivity index (χ1) is 12.1. The zero-order valence-corrected chi connectivity index (χ0v) is 13.0. The van der Waals surface area contributed by atoms with Gasteiger partial charge >= 0.3 is 0 Å². The van der Waals surface area contributed by atoms with Gasteiger partial charge in [0.05, 0.1) is 5.56 Å². The fraction of sp³-hybridized carbons (Fsp3) is 0.0556. The molecule has 25 heavy (non-hydrogen) atoms. The van der Waals surface area contributed by atoms with Crippen LogP contribution in [0.4, 0.5) is 8.78 Å². The second-order valence-corrected chi connectivity index (χ2v) is 5.34. The van der Waals surface area contributed by atoms with Crippen LogP contribution in [0.3, 0.4) is 0 Å². The van der Waals surface area contributed by atoms with Crippen molar-refractivity contribution in [3.05, 3.63) is 65.9 Å². The monoisotopic (exact) mass is 339 g/mol. The summed E-state index contributed by atoms with van der Waals surface area (Å²) in [4.78, 5) is 0. The average molecular weight is 339 g/mol. The summed E-state index contributed by atoms with van der Waals surface area (Å²) >= 11 is 0. The predicted molar refractivity (Wildman–Crippen MR) is 85.3 cm³/mol. The zero-order valence-electron chi connectivity index (χ0n) is 13.0. The van der Waals surface area contributed by atoms with E-state index in [2.05, 4.69) is 15.4 Å². The largest absolute Gasteiger partial charge is 0.416 e. The van der Waals surface area contributed by atoms with E-state index < -0.39 is 11.6 Å². The molecule has 0 N–H and O–H groups in total. The number of benzene rings is 2. The lowest BCUT2D eigenvalue weighted by molar-refractivity contribution is 0.399. The van der Waals surface area contributed by atoms with Crippen LogP contribution in [0.5, 0.6) is 0 Å². The molecule has 0 aliphatic heterocycles. The maximum Gasteiger partial charge on any atom is 0.254 e. The Labute approximate surface area is 140 Å². The van der Waals surface area contributed by atoms with Gasteiger partial charge in [0, 0.05) is 5.56 Å². The molecule has 5 nitrogen and oxygen atoms in total. The lowest BCUT2D eigenvalue weighted by Gasteiger charge is -1.99. The van der Waals surface area contributed by atoms with Crippen LogP contribution in [0.25, 0.3) is 34.2 Å². The third-order valence-corrected chi connectivity index (χ3v) is 3.73. The highest BCUT2D eigenvalue weighted by atomic mass is 19.2. The van der Waals surface area contributed by atoms with E-state index in [1.54, 1.807) is 6.92 Å². The van der Waals surface area contributed by atoms with Crippen molar-refractivity contribution in [2.24, 2.45) is 0 Å². The Hall–Kier alpha value is -3.35. The summed E-state index contributed by atoms with van der Waals surface area (Å²) in [6.45, 7) is 1.71. The number of nitrogens with zero attached hydrogens (tertiary/aromatic N) is 3. The highest BCUT2D eigenvalue weighted by molar-refractivity contribution is 5.78. The van der Waals surface area contributed by atoms with E-state index in [0.29, 0.717) is 17.0 Å². The van der Waals surface area contributed by atoms with E-state index in [1.807, 2.05) is 30.3 Å². The number of rotatable bonds is 3. The summed E-state index contributed by atoms with van der Waals surface area (Å²) in [6, 6.07) is 13.1. The van der Waals surface area contributed by atoms with E-state index >= 15 is 0 Å². The average Bonchev–Trinajstić information content (AvgIpc) is 3.24. The molecule has 7 heteroatoms. The number of halogens is 2. The zero-order chi connectivity index (χ0) is 17.4. The van der Waals surface area contributed by atoms with Crippen LogP contribution in [-0.2, 0) is 0 Å². The highest BCUT2D eigenvalue weighted by Gasteiger charge is 2.23. The van der Waals surface area contributed by atoms with Crippen molar-refractivity contribution in [1.82, 2.24) is 15.4 Å². The van der Waals surface area contributed by atoms with Crippen LogP contribution in [0, 0.1) is 18.6 Å². The van der Waals surface area contributed by atoms with Gasteiger partial charge < -0.3 is 8.94 Å². The standard InChI is InChI=1S/C18H11F2N3O2/c1-10-14(16(23-25-10)11-6-3-2-4-7-11)18-22-21-17(24-18)12-8-5-9-13(19)15(12)20/h2-9H,1H3. The van der Waals surface area contributed by atoms with Gasteiger partial charge in [-0.25, -0.2) is 8.78 Å². The molecule has 0 bridgehead atoms. The first-order valence-electron chi connectivity index (χ1n) is 7.45. The molecule has 4 aromatic rings. The SMILES string of the molecule is Cc1onc(-c2ccccc2)c1-c1nnc(-c2cccc(F)c2F)o1. The van der Waals surface area contributed by atoms with E-state index in [-0.39, 0.29) is 17.3 Å². The molecule has 0 aliphatic rings. The predicted octanol–water partition coefficient (Wildman–Crippen LogP) is 4.65. The van der Waals surface area contributed by atoms with Crippen molar-refractivity contribution < 1.29 is 17.7 Å². The minimum atomic E-state index is -1.04. The molecule has 4 rings (SSSR count). The van der Waals surface area contributed by atoms with Crippen LogP contribution in [0.2, 0.25) is 0 Å². The van der Waals surface area contributed by atoms with Crippen molar-refractivity contribution in [3.8, 4) is 34.2 Å². The second-order valence-electron chi connectivity index (χ2n) is 5.34. The van der Waals surface area contributed by atoms with Crippen molar-refractivity contribution in [2.75, 3.05) is 0 Å². The maximum atomic E-state index is 13.9. The highest BCUT2D eigenvalue weighted by Crippen LogP contribution is 2.35. The van der Waals surface area contributed by atoms with Gasteiger partial charge in [0.2, 0.25) is 0 Å². The fourth-order valence-corrected chi connectivity index (χ4v) is 2.52. The van der Waals surface area contributed by atoms with Gasteiger partial charge in [-0.05, 0) is 19.1 Å². The van der Waals surface area contributed by atoms with Crippen LogP contribution >= 0.6 is 0 Å². The van der Waals surface area contributed by atoms with Gasteiger partial charge in [-0.15, -0.1) is 10.2 Å². The Kier molecular flexibility index (Phi) is 3.61. The molecule has 0 unspecified atom stereocenters. The Balaban J connectivity index is 1.82. The van der Waals surface area contributed by atoms with Crippen LogP contribution in [-0.4, -0.2) is 15.4 Å². The van der Waals surface area contributed by atoms with Crippen molar-refractivity contribution in [3.63, 3.8) is 0 Å². The minimum Gasteiger partial charge on any atom is -0.416 e. The maximum absolute atomic E-state index is 13.9. The first kappa shape index (κ1) is 15.2. The Morgan fingerprint density at radius 1 is 0.880 bits per heavy atom. The van der Waals surface area contributed by atoms with Gasteiger partial charge in [-0.1, -0.05) is 41.6 Å². The molecule has 0 radical (unpaired) electrons. The molecule has 0 saturated carbocycles. The second kappa shape index (κ2) is 5.94. The minimum absolute atomic E-state index is 0.103. The fourth-order valence-electron chi connectivity index (χ4n) is 2.52. The molecule has 0 fully saturated rings. The molecular weight excluding hydrogens is 328 g/mol. The van der Waals surface area contributed by atoms with Gasteiger partial charge in [0.25, 0.3) is 11.8 Å². The number of aryl methyl sites for hydroxylation is 1. The summed E-state index contributed by atoms with van der Waals surface area (Å²) in [5, 5.41) is 11.8. The summed E-state index contributed by atoms with van der Waals surface area (Å²) in [6.07, 6.45) is 0. The van der Waals surface area contributed by atoms with Crippen molar-refractivity contribution in [1.29, 1.82) is 0 Å².